The van der Waals surface area contributed by atoms with Crippen molar-refractivity contribution < 1.29 is 14.3 Å². The highest BCUT2D eigenvalue weighted by Gasteiger charge is 2.17. The van der Waals surface area contributed by atoms with Crippen molar-refractivity contribution in [1.82, 2.24) is 14.8 Å². The third kappa shape index (κ3) is 2.79. The summed E-state index contributed by atoms with van der Waals surface area (Å²) in [6, 6.07) is 0. The average Bonchev–Trinajstić information content (AvgIpc) is 2.95. The Kier molecular flexibility index (Phi) is 3.61. The van der Waals surface area contributed by atoms with Crippen molar-refractivity contribution in [3.05, 3.63) is 28.5 Å². The summed E-state index contributed by atoms with van der Waals surface area (Å²) in [6.45, 7) is 1.68. The number of aryl methyl sites for hydroxylation is 2. The number of nitrogens with zero attached hydrogens (tertiary/aromatic N) is 3. The molecule has 1 amide bonds. The number of anilines is 1. The van der Waals surface area contributed by atoms with Crippen molar-refractivity contribution in [1.29, 1.82) is 0 Å². The van der Waals surface area contributed by atoms with Crippen LogP contribution in [-0.4, -0.2) is 33.8 Å². The highest BCUT2D eigenvalue weighted by atomic mass is 32.1. The smallest absolute Gasteiger partial charge is 0.350 e. The van der Waals surface area contributed by atoms with E-state index in [2.05, 4.69) is 20.1 Å². The predicted molar refractivity (Wildman–Crippen MR) is 69.4 cm³/mol. The fourth-order valence-electron chi connectivity index (χ4n) is 1.44. The second-order valence-electron chi connectivity index (χ2n) is 3.78. The summed E-state index contributed by atoms with van der Waals surface area (Å²) in [5.74, 6) is -0.782. The number of aromatic nitrogens is 3. The number of methoxy groups -OCH3 is 1. The molecule has 0 unspecified atom stereocenters. The quantitative estimate of drug-likeness (QED) is 0.854. The molecule has 2 aromatic rings. The SMILES string of the molecule is COC(=O)c1sc(NC(=O)c2cnn(C)c2)nc1C. The normalized spacial score (nSPS) is 10.3. The molecule has 0 aliphatic heterocycles. The topological polar surface area (TPSA) is 86.1 Å². The van der Waals surface area contributed by atoms with Crippen LogP contribution < -0.4 is 5.32 Å². The van der Waals surface area contributed by atoms with E-state index in [9.17, 15) is 9.59 Å². The van der Waals surface area contributed by atoms with Crippen LogP contribution in [0.5, 0.6) is 0 Å². The maximum atomic E-state index is 11.9. The molecule has 0 aliphatic carbocycles. The predicted octanol–water partition coefficient (Wildman–Crippen LogP) is 1.22. The molecule has 0 saturated heterocycles. The van der Waals surface area contributed by atoms with Gasteiger partial charge in [0.05, 0.1) is 24.6 Å². The first-order valence-electron chi connectivity index (χ1n) is 5.37. The number of ether oxygens (including phenoxy) is 1. The van der Waals surface area contributed by atoms with Crippen LogP contribution in [0.1, 0.15) is 25.7 Å². The van der Waals surface area contributed by atoms with E-state index in [1.54, 1.807) is 20.2 Å². The number of nitrogens with one attached hydrogen (secondary N) is 1. The Balaban J connectivity index is 2.16. The van der Waals surface area contributed by atoms with E-state index in [0.29, 0.717) is 21.3 Å². The lowest BCUT2D eigenvalue weighted by Crippen LogP contribution is -2.10. The van der Waals surface area contributed by atoms with E-state index < -0.39 is 5.97 Å². The third-order valence-corrected chi connectivity index (χ3v) is 3.41. The number of carbonyl (C=O) groups is 2. The summed E-state index contributed by atoms with van der Waals surface area (Å²) in [6.07, 6.45) is 3.05. The lowest BCUT2D eigenvalue weighted by atomic mass is 10.3. The van der Waals surface area contributed by atoms with Gasteiger partial charge in [0.25, 0.3) is 5.91 Å². The summed E-state index contributed by atoms with van der Waals surface area (Å²) in [5.41, 5.74) is 0.952. The number of hydrogen-bond acceptors (Lipinski definition) is 6. The molecule has 0 spiro atoms. The third-order valence-electron chi connectivity index (χ3n) is 2.35. The number of rotatable bonds is 3. The zero-order valence-corrected chi connectivity index (χ0v) is 11.4. The molecule has 0 atom stereocenters. The Morgan fingerprint density at radius 1 is 1.47 bits per heavy atom. The van der Waals surface area contributed by atoms with Crippen LogP contribution >= 0.6 is 11.3 Å². The van der Waals surface area contributed by atoms with Crippen LogP contribution in [0.25, 0.3) is 0 Å². The van der Waals surface area contributed by atoms with E-state index >= 15 is 0 Å². The molecule has 0 fully saturated rings. The second-order valence-corrected chi connectivity index (χ2v) is 4.78. The first kappa shape index (κ1) is 13.2. The van der Waals surface area contributed by atoms with Gasteiger partial charge in [-0.1, -0.05) is 11.3 Å². The molecule has 1 N–H and O–H groups in total. The van der Waals surface area contributed by atoms with Crippen molar-refractivity contribution in [2.45, 2.75) is 6.92 Å². The summed E-state index contributed by atoms with van der Waals surface area (Å²) < 4.78 is 6.16. The van der Waals surface area contributed by atoms with Crippen LogP contribution in [0.3, 0.4) is 0 Å². The largest absolute Gasteiger partial charge is 0.465 e. The molecule has 2 aromatic heterocycles. The molecule has 0 bridgehead atoms. The Morgan fingerprint density at radius 2 is 2.21 bits per heavy atom. The van der Waals surface area contributed by atoms with Gasteiger partial charge in [0.2, 0.25) is 0 Å². The van der Waals surface area contributed by atoms with Crippen molar-refractivity contribution in [3.63, 3.8) is 0 Å². The summed E-state index contributed by atoms with van der Waals surface area (Å²) in [7, 11) is 3.02. The fourth-order valence-corrected chi connectivity index (χ4v) is 2.32. The van der Waals surface area contributed by atoms with Crippen LogP contribution in [0.2, 0.25) is 0 Å². The molecule has 19 heavy (non-hydrogen) atoms. The standard InChI is InChI=1S/C11H12N4O3S/c1-6-8(10(17)18-3)19-11(13-6)14-9(16)7-4-12-15(2)5-7/h4-5H,1-3H3,(H,13,14,16). The molecule has 2 heterocycles. The number of hydrogen-bond donors (Lipinski definition) is 1. The first-order chi connectivity index (χ1) is 9.01. The lowest BCUT2D eigenvalue weighted by Gasteiger charge is -1.97. The van der Waals surface area contributed by atoms with E-state index in [1.807, 2.05) is 0 Å². The first-order valence-corrected chi connectivity index (χ1v) is 6.18. The van der Waals surface area contributed by atoms with Gasteiger partial charge >= 0.3 is 5.97 Å². The molecule has 0 aromatic carbocycles. The van der Waals surface area contributed by atoms with Crippen LogP contribution in [-0.2, 0) is 11.8 Å². The molecular formula is C11H12N4O3S. The summed E-state index contributed by atoms with van der Waals surface area (Å²) in [4.78, 5) is 27.8. The van der Waals surface area contributed by atoms with Crippen LogP contribution in [0, 0.1) is 6.92 Å². The van der Waals surface area contributed by atoms with Crippen LogP contribution in [0.4, 0.5) is 5.13 Å². The summed E-state index contributed by atoms with van der Waals surface area (Å²) >= 11 is 1.08. The number of amides is 1. The maximum Gasteiger partial charge on any atom is 0.350 e. The van der Waals surface area contributed by atoms with Crippen molar-refractivity contribution in [3.8, 4) is 0 Å². The number of carbonyl (C=O) groups excluding carboxylic acids is 2. The summed E-state index contributed by atoms with van der Waals surface area (Å²) in [5, 5.41) is 6.88. The monoisotopic (exact) mass is 280 g/mol. The number of thiazole rings is 1. The minimum Gasteiger partial charge on any atom is -0.465 e. The average molecular weight is 280 g/mol. The van der Waals surface area contributed by atoms with E-state index in [1.165, 1.54) is 18.0 Å². The highest BCUT2D eigenvalue weighted by molar-refractivity contribution is 7.17. The van der Waals surface area contributed by atoms with Gasteiger partial charge in [0.15, 0.2) is 5.13 Å². The van der Waals surface area contributed by atoms with E-state index in [0.717, 1.165) is 11.3 Å². The molecule has 7 nitrogen and oxygen atoms in total. The second kappa shape index (κ2) is 5.19. The van der Waals surface area contributed by atoms with Gasteiger partial charge in [0.1, 0.15) is 4.88 Å². The van der Waals surface area contributed by atoms with Crippen molar-refractivity contribution >= 4 is 28.3 Å². The highest BCUT2D eigenvalue weighted by Crippen LogP contribution is 2.23. The molecule has 2 rings (SSSR count). The molecule has 0 aliphatic rings. The van der Waals surface area contributed by atoms with Gasteiger partial charge < -0.3 is 4.74 Å². The minimum atomic E-state index is -0.461. The van der Waals surface area contributed by atoms with E-state index in [-0.39, 0.29) is 5.91 Å². The van der Waals surface area contributed by atoms with Crippen LogP contribution in [0.15, 0.2) is 12.4 Å². The molecule has 0 saturated carbocycles. The zero-order chi connectivity index (χ0) is 14.0. The Labute approximate surface area is 113 Å². The Hall–Kier alpha value is -2.22. The van der Waals surface area contributed by atoms with Crippen molar-refractivity contribution in [2.24, 2.45) is 7.05 Å². The van der Waals surface area contributed by atoms with Gasteiger partial charge in [-0.05, 0) is 6.92 Å². The number of esters is 1. The van der Waals surface area contributed by atoms with Gasteiger partial charge in [-0.25, -0.2) is 9.78 Å². The van der Waals surface area contributed by atoms with E-state index in [4.69, 9.17) is 0 Å². The van der Waals surface area contributed by atoms with Gasteiger partial charge in [0, 0.05) is 13.2 Å². The molecular weight excluding hydrogens is 268 g/mol. The maximum absolute atomic E-state index is 11.9. The van der Waals surface area contributed by atoms with Gasteiger partial charge in [-0.3, -0.25) is 14.8 Å². The minimum absolute atomic E-state index is 0.321. The van der Waals surface area contributed by atoms with Gasteiger partial charge in [-0.2, -0.15) is 5.10 Å². The lowest BCUT2D eigenvalue weighted by molar-refractivity contribution is 0.0605. The Bertz CT molecular complexity index is 632. The Morgan fingerprint density at radius 3 is 2.79 bits per heavy atom. The molecule has 8 heteroatoms. The fraction of sp³-hybridized carbons (Fsp3) is 0.273. The molecule has 0 radical (unpaired) electrons. The van der Waals surface area contributed by atoms with Crippen molar-refractivity contribution in [2.75, 3.05) is 12.4 Å². The molecule has 100 valence electrons. The zero-order valence-electron chi connectivity index (χ0n) is 10.6. The van der Waals surface area contributed by atoms with Gasteiger partial charge in [-0.15, -0.1) is 0 Å².